The maximum absolute atomic E-state index is 6.28. The van der Waals surface area contributed by atoms with Gasteiger partial charge in [-0.1, -0.05) is 63.7 Å². The molecule has 0 aliphatic carbocycles. The highest BCUT2D eigenvalue weighted by atomic mass is 35.5. The molecule has 0 aromatic heterocycles. The highest BCUT2D eigenvalue weighted by Crippen LogP contribution is 2.37. The summed E-state index contributed by atoms with van der Waals surface area (Å²) in [6.07, 6.45) is 2.15. The van der Waals surface area contributed by atoms with Gasteiger partial charge in [0.15, 0.2) is 5.75 Å². The van der Waals surface area contributed by atoms with Crippen molar-refractivity contribution in [2.75, 3.05) is 19.8 Å². The first-order valence-electron chi connectivity index (χ1n) is 10.3. The van der Waals surface area contributed by atoms with Gasteiger partial charge in [-0.25, -0.2) is 0 Å². The van der Waals surface area contributed by atoms with Gasteiger partial charge in [-0.2, -0.15) is 0 Å². The molecule has 0 amide bonds. The number of hydrogen-bond acceptors (Lipinski definition) is 5. The van der Waals surface area contributed by atoms with Gasteiger partial charge in [0.05, 0.1) is 29.0 Å². The van der Waals surface area contributed by atoms with E-state index in [-0.39, 0.29) is 16.7 Å². The second-order valence-corrected chi connectivity index (χ2v) is 9.80. The van der Waals surface area contributed by atoms with Gasteiger partial charge in [0, 0.05) is 24.1 Å². The highest BCUT2D eigenvalue weighted by Gasteiger charge is 2.12. The lowest BCUT2D eigenvalue weighted by atomic mass is 10.1. The molecule has 5 nitrogen and oxygen atoms in total. The Labute approximate surface area is 215 Å². The van der Waals surface area contributed by atoms with E-state index in [0.29, 0.717) is 41.2 Å². The average molecular weight is 535 g/mol. The maximum Gasteiger partial charge on any atom is 0.156 e. The molecule has 0 heterocycles. The summed E-state index contributed by atoms with van der Waals surface area (Å²) in [7, 11) is 0. The van der Waals surface area contributed by atoms with Crippen LogP contribution in [0.3, 0.4) is 0 Å². The molecule has 9 heteroatoms. The third-order valence-electron chi connectivity index (χ3n) is 3.97. The van der Waals surface area contributed by atoms with Gasteiger partial charge < -0.3 is 19.0 Å². The molecule has 0 aliphatic heterocycles. The smallest absolute Gasteiger partial charge is 0.156 e. The summed E-state index contributed by atoms with van der Waals surface area (Å²) < 4.78 is 17.2. The van der Waals surface area contributed by atoms with Crippen LogP contribution in [-0.2, 0) is 4.84 Å². The highest BCUT2D eigenvalue weighted by molar-refractivity contribution is 6.55. The van der Waals surface area contributed by atoms with E-state index >= 15 is 0 Å². The molecular formula is C24H27Cl4NO4. The van der Waals surface area contributed by atoms with E-state index in [1.54, 1.807) is 12.1 Å². The quantitative estimate of drug-likeness (QED) is 0.166. The second-order valence-electron chi connectivity index (χ2n) is 7.98. The Hall–Kier alpha value is -1.79. The molecule has 0 aliphatic rings. The van der Waals surface area contributed by atoms with Crippen LogP contribution in [0.5, 0.6) is 17.2 Å². The Kier molecular flexibility index (Phi) is 11.0. The zero-order chi connectivity index (χ0) is 24.4. The number of halogens is 4. The molecule has 0 saturated carbocycles. The standard InChI is InChI=1S/C24H27Cl4NO4/c1-16(29-33-24(2,3)4)17-7-5-8-18(13-17)30-10-6-11-32-23-20(25)14-19(15-21(23)26)31-12-9-22(27)28/h5,7-9,13-15H,6,10-12H2,1-4H3. The minimum absolute atomic E-state index is 0.124. The molecule has 2 aromatic rings. The van der Waals surface area contributed by atoms with Crippen LogP contribution in [-0.4, -0.2) is 31.1 Å². The van der Waals surface area contributed by atoms with E-state index in [4.69, 9.17) is 65.5 Å². The van der Waals surface area contributed by atoms with Gasteiger partial charge in [0.2, 0.25) is 0 Å². The van der Waals surface area contributed by atoms with E-state index in [2.05, 4.69) is 5.16 Å². The molecule has 0 spiro atoms. The molecule has 2 rings (SSSR count). The minimum Gasteiger partial charge on any atom is -0.493 e. The maximum atomic E-state index is 6.28. The van der Waals surface area contributed by atoms with Crippen LogP contribution in [0.4, 0.5) is 0 Å². The summed E-state index contributed by atoms with van der Waals surface area (Å²) in [5, 5.41) is 4.88. The van der Waals surface area contributed by atoms with E-state index in [9.17, 15) is 0 Å². The first kappa shape index (κ1) is 27.5. The van der Waals surface area contributed by atoms with Crippen molar-refractivity contribution < 1.29 is 19.0 Å². The fourth-order valence-corrected chi connectivity index (χ4v) is 3.15. The van der Waals surface area contributed by atoms with E-state index in [1.807, 2.05) is 52.0 Å². The van der Waals surface area contributed by atoms with Crippen LogP contribution >= 0.6 is 46.4 Å². The van der Waals surface area contributed by atoms with Crippen LogP contribution in [0.25, 0.3) is 0 Å². The molecule has 0 bridgehead atoms. The van der Waals surface area contributed by atoms with Crippen LogP contribution < -0.4 is 14.2 Å². The van der Waals surface area contributed by atoms with E-state index in [1.165, 1.54) is 6.08 Å². The lowest BCUT2D eigenvalue weighted by molar-refractivity contribution is 0.000954. The molecule has 0 fully saturated rings. The minimum atomic E-state index is -0.343. The van der Waals surface area contributed by atoms with Gasteiger partial charge in [0.1, 0.15) is 28.2 Å². The Morgan fingerprint density at radius 3 is 2.24 bits per heavy atom. The normalized spacial score (nSPS) is 11.7. The predicted molar refractivity (Wildman–Crippen MR) is 137 cm³/mol. The molecule has 0 saturated heterocycles. The fourth-order valence-electron chi connectivity index (χ4n) is 2.45. The van der Waals surface area contributed by atoms with Crippen LogP contribution in [0.15, 0.2) is 52.1 Å². The summed E-state index contributed by atoms with van der Waals surface area (Å²) in [6.45, 7) is 8.78. The third-order valence-corrected chi connectivity index (χ3v) is 4.84. The monoisotopic (exact) mass is 533 g/mol. The lowest BCUT2D eigenvalue weighted by Crippen LogP contribution is -2.16. The Morgan fingerprint density at radius 2 is 1.61 bits per heavy atom. The summed E-state index contributed by atoms with van der Waals surface area (Å²) in [5.74, 6) is 1.61. The zero-order valence-corrected chi connectivity index (χ0v) is 22.0. The summed E-state index contributed by atoms with van der Waals surface area (Å²) in [4.78, 5) is 5.48. The van der Waals surface area contributed by atoms with Gasteiger partial charge in [-0.15, -0.1) is 0 Å². The van der Waals surface area contributed by atoms with Gasteiger partial charge >= 0.3 is 0 Å². The molecule has 0 atom stereocenters. The van der Waals surface area contributed by atoms with Crippen molar-refractivity contribution in [3.8, 4) is 17.2 Å². The van der Waals surface area contributed by atoms with Crippen molar-refractivity contribution in [1.29, 1.82) is 0 Å². The number of nitrogens with zero attached hydrogens (tertiary/aromatic N) is 1. The van der Waals surface area contributed by atoms with Crippen molar-refractivity contribution in [2.24, 2.45) is 5.16 Å². The van der Waals surface area contributed by atoms with Gasteiger partial charge in [0.25, 0.3) is 0 Å². The number of benzene rings is 2. The number of rotatable bonds is 11. The Bertz CT molecular complexity index is 960. The molecule has 2 aromatic carbocycles. The van der Waals surface area contributed by atoms with Gasteiger partial charge in [-0.3, -0.25) is 0 Å². The molecule has 0 radical (unpaired) electrons. The van der Waals surface area contributed by atoms with Crippen molar-refractivity contribution in [3.05, 3.63) is 62.6 Å². The molecular weight excluding hydrogens is 508 g/mol. The topological polar surface area (TPSA) is 49.3 Å². The first-order chi connectivity index (χ1) is 15.5. The predicted octanol–water partition coefficient (Wildman–Crippen LogP) is 8.08. The fraction of sp³-hybridized carbons (Fsp3) is 0.375. The summed E-state index contributed by atoms with van der Waals surface area (Å²) in [5.41, 5.74) is 1.36. The van der Waals surface area contributed by atoms with E-state index in [0.717, 1.165) is 17.0 Å². The van der Waals surface area contributed by atoms with Crippen LogP contribution in [0, 0.1) is 0 Å². The van der Waals surface area contributed by atoms with Gasteiger partial charge in [-0.05, 0) is 45.9 Å². The average Bonchev–Trinajstić information content (AvgIpc) is 2.73. The SMILES string of the molecule is CC(=NOC(C)(C)C)c1cccc(OCCCOc2c(Cl)cc(OCC=C(Cl)Cl)cc2Cl)c1. The van der Waals surface area contributed by atoms with E-state index < -0.39 is 0 Å². The number of hydrogen-bond donors (Lipinski definition) is 0. The second kappa shape index (κ2) is 13.2. The molecule has 0 N–H and O–H groups in total. The third kappa shape index (κ3) is 10.3. The summed E-state index contributed by atoms with van der Waals surface area (Å²) in [6, 6.07) is 10.9. The lowest BCUT2D eigenvalue weighted by Gasteiger charge is -2.16. The first-order valence-corrected chi connectivity index (χ1v) is 11.8. The summed E-state index contributed by atoms with van der Waals surface area (Å²) >= 11 is 23.7. The van der Waals surface area contributed by atoms with Crippen molar-refractivity contribution >= 4 is 52.1 Å². The molecule has 33 heavy (non-hydrogen) atoms. The van der Waals surface area contributed by atoms with Crippen LogP contribution in [0.2, 0.25) is 10.0 Å². The van der Waals surface area contributed by atoms with Crippen molar-refractivity contribution in [3.63, 3.8) is 0 Å². The zero-order valence-electron chi connectivity index (χ0n) is 19.0. The largest absolute Gasteiger partial charge is 0.493 e. The molecule has 0 unspecified atom stereocenters. The van der Waals surface area contributed by atoms with Crippen molar-refractivity contribution in [1.82, 2.24) is 0 Å². The number of oxime groups is 1. The Balaban J connectivity index is 1.83. The van der Waals surface area contributed by atoms with Crippen LogP contribution in [0.1, 0.15) is 39.7 Å². The number of ether oxygens (including phenoxy) is 3. The molecule has 180 valence electrons. The Morgan fingerprint density at radius 1 is 0.939 bits per heavy atom. The van der Waals surface area contributed by atoms with Crippen molar-refractivity contribution in [2.45, 2.75) is 39.7 Å².